The number of nitro groups is 1. The van der Waals surface area contributed by atoms with E-state index in [2.05, 4.69) is 18.0 Å². The molecule has 0 spiro atoms. The van der Waals surface area contributed by atoms with Crippen LogP contribution in [0.4, 0.5) is 10.5 Å². The van der Waals surface area contributed by atoms with Crippen molar-refractivity contribution in [2.24, 2.45) is 0 Å². The second kappa shape index (κ2) is 8.60. The molecule has 3 rings (SSSR count). The number of rotatable bonds is 4. The average Bonchev–Trinajstić information content (AvgIpc) is 3.14. The lowest BCUT2D eigenvalue weighted by Gasteiger charge is -2.17. The maximum Gasteiger partial charge on any atom is 0.333 e. The van der Waals surface area contributed by atoms with Gasteiger partial charge in [0.2, 0.25) is 0 Å². The van der Waals surface area contributed by atoms with E-state index >= 15 is 0 Å². The van der Waals surface area contributed by atoms with Gasteiger partial charge in [0, 0.05) is 17.8 Å². The SMILES string of the molecule is C=C1CCCC/C=C2/CCC/C2=C/1NC(=O)NS(=O)(=O)c1ccc([N+](=O)[O-])cc1. The van der Waals surface area contributed by atoms with Crippen molar-refractivity contribution in [3.8, 4) is 0 Å². The Kier molecular flexibility index (Phi) is 6.17. The van der Waals surface area contributed by atoms with Crippen molar-refractivity contribution < 1.29 is 18.1 Å². The lowest BCUT2D eigenvalue weighted by molar-refractivity contribution is -0.384. The van der Waals surface area contributed by atoms with Gasteiger partial charge < -0.3 is 5.32 Å². The summed E-state index contributed by atoms with van der Waals surface area (Å²) in [7, 11) is -4.17. The molecule has 9 heteroatoms. The first-order chi connectivity index (χ1) is 13.8. The number of urea groups is 1. The Bertz CT molecular complexity index is 1010. The van der Waals surface area contributed by atoms with Crippen LogP contribution in [0.15, 0.2) is 64.2 Å². The van der Waals surface area contributed by atoms with E-state index in [1.165, 1.54) is 5.57 Å². The van der Waals surface area contributed by atoms with Gasteiger partial charge in [-0.3, -0.25) is 10.1 Å². The molecule has 0 saturated heterocycles. The first-order valence-corrected chi connectivity index (χ1v) is 11.0. The maximum atomic E-state index is 12.5. The zero-order valence-electron chi connectivity index (χ0n) is 15.9. The van der Waals surface area contributed by atoms with Crippen molar-refractivity contribution in [2.45, 2.75) is 49.8 Å². The number of nitrogens with one attached hydrogen (secondary N) is 2. The molecule has 0 heterocycles. The van der Waals surface area contributed by atoms with Crippen LogP contribution < -0.4 is 10.0 Å². The lowest BCUT2D eigenvalue weighted by Crippen LogP contribution is -2.39. The number of hydrogen-bond acceptors (Lipinski definition) is 5. The maximum absolute atomic E-state index is 12.5. The van der Waals surface area contributed by atoms with Gasteiger partial charge >= 0.3 is 6.03 Å². The van der Waals surface area contributed by atoms with Crippen LogP contribution in [0.1, 0.15) is 44.9 Å². The molecule has 1 aromatic rings. The molecule has 2 N–H and O–H groups in total. The first-order valence-electron chi connectivity index (χ1n) is 9.47. The van der Waals surface area contributed by atoms with Gasteiger partial charge in [-0.1, -0.05) is 12.7 Å². The number of amides is 2. The highest BCUT2D eigenvalue weighted by Crippen LogP contribution is 2.36. The number of hydrogen-bond donors (Lipinski definition) is 2. The topological polar surface area (TPSA) is 118 Å². The van der Waals surface area contributed by atoms with Gasteiger partial charge in [-0.15, -0.1) is 0 Å². The van der Waals surface area contributed by atoms with Crippen molar-refractivity contribution >= 4 is 21.7 Å². The summed E-state index contributed by atoms with van der Waals surface area (Å²) in [6.07, 6.45) is 8.66. The smallest absolute Gasteiger partial charge is 0.307 e. The molecular formula is C20H23N3O5S. The number of non-ortho nitro benzene ring substituents is 1. The Hall–Kier alpha value is -2.94. The minimum atomic E-state index is -4.17. The van der Waals surface area contributed by atoms with Crippen molar-refractivity contribution in [1.82, 2.24) is 10.0 Å². The molecule has 0 aliphatic heterocycles. The number of nitrogens with zero attached hydrogens (tertiary/aromatic N) is 1. The molecule has 0 bridgehead atoms. The first kappa shape index (κ1) is 20.8. The highest BCUT2D eigenvalue weighted by atomic mass is 32.2. The Morgan fingerprint density at radius 1 is 1.07 bits per heavy atom. The van der Waals surface area contributed by atoms with Crippen molar-refractivity contribution in [1.29, 1.82) is 0 Å². The van der Waals surface area contributed by atoms with Crippen LogP contribution in [-0.2, 0) is 10.0 Å². The van der Waals surface area contributed by atoms with Crippen molar-refractivity contribution in [3.05, 3.63) is 69.5 Å². The monoisotopic (exact) mass is 417 g/mol. The van der Waals surface area contributed by atoms with Crippen LogP contribution in [0.5, 0.6) is 0 Å². The number of nitro benzene ring substituents is 1. The summed E-state index contributed by atoms with van der Waals surface area (Å²) < 4.78 is 26.9. The molecule has 2 aliphatic carbocycles. The molecule has 1 fully saturated rings. The van der Waals surface area contributed by atoms with Gasteiger partial charge in [0.15, 0.2) is 0 Å². The highest BCUT2D eigenvalue weighted by molar-refractivity contribution is 7.90. The van der Waals surface area contributed by atoms with Gasteiger partial charge in [0.1, 0.15) is 0 Å². The number of fused-ring (bicyclic) bond motifs is 1. The second-order valence-corrected chi connectivity index (χ2v) is 8.78. The summed E-state index contributed by atoms with van der Waals surface area (Å²) >= 11 is 0. The molecule has 0 unspecified atom stereocenters. The number of allylic oxidation sites excluding steroid dienone is 4. The third-order valence-electron chi connectivity index (χ3n) is 5.06. The van der Waals surface area contributed by atoms with Crippen LogP contribution in [0, 0.1) is 10.1 Å². The lowest BCUT2D eigenvalue weighted by atomic mass is 10.0. The van der Waals surface area contributed by atoms with Crippen LogP contribution in [0.3, 0.4) is 0 Å². The van der Waals surface area contributed by atoms with Crippen LogP contribution in [-0.4, -0.2) is 19.4 Å². The van der Waals surface area contributed by atoms with E-state index < -0.39 is 21.0 Å². The Labute approximate surface area is 169 Å². The second-order valence-electron chi connectivity index (χ2n) is 7.10. The molecular weight excluding hydrogens is 394 g/mol. The molecule has 2 aliphatic rings. The highest BCUT2D eigenvalue weighted by Gasteiger charge is 2.24. The summed E-state index contributed by atoms with van der Waals surface area (Å²) in [5, 5.41) is 13.4. The minimum Gasteiger partial charge on any atom is -0.307 e. The van der Waals surface area contributed by atoms with E-state index in [0.717, 1.165) is 80.4 Å². The van der Waals surface area contributed by atoms with Crippen LogP contribution in [0.2, 0.25) is 0 Å². The normalized spacial score (nSPS) is 21.8. The van der Waals surface area contributed by atoms with E-state index in [9.17, 15) is 23.3 Å². The Morgan fingerprint density at radius 2 is 1.79 bits per heavy atom. The fourth-order valence-corrected chi connectivity index (χ4v) is 4.51. The third kappa shape index (κ3) is 4.92. The molecule has 0 radical (unpaired) electrons. The Morgan fingerprint density at radius 3 is 2.48 bits per heavy atom. The molecule has 0 atom stereocenters. The van der Waals surface area contributed by atoms with Gasteiger partial charge in [-0.25, -0.2) is 17.9 Å². The Balaban J connectivity index is 1.80. The van der Waals surface area contributed by atoms with Crippen molar-refractivity contribution in [2.75, 3.05) is 0 Å². The quantitative estimate of drug-likeness (QED) is 0.565. The summed E-state index contributed by atoms with van der Waals surface area (Å²) in [5.41, 5.74) is 3.38. The molecule has 154 valence electrons. The van der Waals surface area contributed by atoms with E-state index in [4.69, 9.17) is 0 Å². The van der Waals surface area contributed by atoms with Crippen molar-refractivity contribution in [3.63, 3.8) is 0 Å². The van der Waals surface area contributed by atoms with E-state index in [-0.39, 0.29) is 10.6 Å². The summed E-state index contributed by atoms with van der Waals surface area (Å²) in [6.45, 7) is 4.09. The average molecular weight is 417 g/mol. The molecule has 29 heavy (non-hydrogen) atoms. The zero-order chi connectivity index (χ0) is 21.0. The number of benzene rings is 1. The van der Waals surface area contributed by atoms with Crippen LogP contribution in [0.25, 0.3) is 0 Å². The van der Waals surface area contributed by atoms with E-state index in [1.807, 2.05) is 4.72 Å². The number of carbonyl (C=O) groups excluding carboxylic acids is 1. The van der Waals surface area contributed by atoms with Gasteiger partial charge in [-0.2, -0.15) is 0 Å². The molecule has 2 amide bonds. The van der Waals surface area contributed by atoms with Gasteiger partial charge in [0.05, 0.1) is 9.82 Å². The molecule has 1 saturated carbocycles. The number of carbonyl (C=O) groups is 1. The summed E-state index contributed by atoms with van der Waals surface area (Å²) in [4.78, 5) is 22.4. The predicted molar refractivity (Wildman–Crippen MR) is 109 cm³/mol. The predicted octanol–water partition coefficient (Wildman–Crippen LogP) is 4.08. The largest absolute Gasteiger partial charge is 0.333 e. The number of sulfonamides is 1. The molecule has 0 aromatic heterocycles. The summed E-state index contributed by atoms with van der Waals surface area (Å²) in [5.74, 6) is 0. The fourth-order valence-electron chi connectivity index (χ4n) is 3.61. The van der Waals surface area contributed by atoms with E-state index in [1.54, 1.807) is 0 Å². The fraction of sp³-hybridized carbons (Fsp3) is 0.350. The molecule has 8 nitrogen and oxygen atoms in total. The standard InChI is InChI=1S/C20H23N3O5S/c1-14-6-3-2-4-7-15-8-5-9-18(15)19(14)21-20(24)22-29(27,28)17-12-10-16(11-13-17)23(25)26/h7,10-13H,1-6,8-9H2,(H2,21,22,24)/b15-7-,19-18+. The summed E-state index contributed by atoms with van der Waals surface area (Å²) in [6, 6.07) is 3.45. The van der Waals surface area contributed by atoms with Gasteiger partial charge in [-0.05, 0) is 73.8 Å². The van der Waals surface area contributed by atoms with E-state index in [0.29, 0.717) is 5.70 Å². The third-order valence-corrected chi connectivity index (χ3v) is 6.41. The van der Waals surface area contributed by atoms with Gasteiger partial charge in [0.25, 0.3) is 15.7 Å². The molecule has 1 aromatic carbocycles. The van der Waals surface area contributed by atoms with Crippen LogP contribution >= 0.6 is 0 Å². The zero-order valence-corrected chi connectivity index (χ0v) is 16.8. The minimum absolute atomic E-state index is 0.231.